The zero-order valence-electron chi connectivity index (χ0n) is 15.0. The number of anilines is 2. The van der Waals surface area contributed by atoms with E-state index in [-0.39, 0.29) is 21.0 Å². The van der Waals surface area contributed by atoms with Gasteiger partial charge in [0.25, 0.3) is 15.9 Å². The summed E-state index contributed by atoms with van der Waals surface area (Å²) in [5.41, 5.74) is 0.921. The number of nitrogens with two attached hydrogens (primary N) is 1. The predicted molar refractivity (Wildman–Crippen MR) is 104 cm³/mol. The van der Waals surface area contributed by atoms with Crippen LogP contribution in [0.5, 0.6) is 0 Å². The lowest BCUT2D eigenvalue weighted by Gasteiger charge is -2.10. The summed E-state index contributed by atoms with van der Waals surface area (Å²) in [6.45, 7) is 1.60. The van der Waals surface area contributed by atoms with E-state index in [4.69, 9.17) is 9.66 Å². The van der Waals surface area contributed by atoms with Crippen LogP contribution in [0, 0.1) is 6.92 Å². The number of carbonyl (C=O) groups is 1. The molecule has 0 atom stereocenters. The van der Waals surface area contributed by atoms with Gasteiger partial charge in [-0.05, 0) is 49.4 Å². The van der Waals surface area contributed by atoms with Crippen molar-refractivity contribution in [2.75, 3.05) is 10.0 Å². The summed E-state index contributed by atoms with van der Waals surface area (Å²) in [5, 5.41) is 11.2. The van der Waals surface area contributed by atoms with Crippen LogP contribution in [0.4, 0.5) is 11.4 Å². The Hall–Kier alpha value is -3.22. The first-order valence-electron chi connectivity index (χ1n) is 8.05. The van der Waals surface area contributed by atoms with Crippen molar-refractivity contribution in [1.29, 1.82) is 0 Å². The molecule has 1 heterocycles. The van der Waals surface area contributed by atoms with E-state index in [9.17, 15) is 21.6 Å². The average molecular weight is 436 g/mol. The minimum absolute atomic E-state index is 0.213. The summed E-state index contributed by atoms with van der Waals surface area (Å²) in [7, 11) is -8.09. The molecule has 10 nitrogen and oxygen atoms in total. The lowest BCUT2D eigenvalue weighted by molar-refractivity contribution is 0.102. The molecule has 0 aliphatic rings. The van der Waals surface area contributed by atoms with Crippen LogP contribution in [-0.2, 0) is 20.0 Å². The number of hydrogen-bond donors (Lipinski definition) is 3. The quantitative estimate of drug-likeness (QED) is 0.529. The van der Waals surface area contributed by atoms with Crippen molar-refractivity contribution in [2.24, 2.45) is 5.14 Å². The molecule has 0 radical (unpaired) electrons. The van der Waals surface area contributed by atoms with Crippen LogP contribution in [0.2, 0.25) is 0 Å². The first-order valence-corrected chi connectivity index (χ1v) is 11.1. The van der Waals surface area contributed by atoms with Gasteiger partial charge in [0.2, 0.25) is 10.0 Å². The van der Waals surface area contributed by atoms with Crippen LogP contribution in [-0.4, -0.2) is 27.9 Å². The number of nitrogens with one attached hydrogen (secondary N) is 2. The number of aromatic nitrogens is 1. The Morgan fingerprint density at radius 1 is 1.00 bits per heavy atom. The van der Waals surface area contributed by atoms with Gasteiger partial charge in [0.05, 0.1) is 16.0 Å². The largest absolute Gasteiger partial charge is 0.361 e. The summed E-state index contributed by atoms with van der Waals surface area (Å²) >= 11 is 0. The molecule has 12 heteroatoms. The Bertz CT molecular complexity index is 1270. The van der Waals surface area contributed by atoms with Crippen molar-refractivity contribution in [1.82, 2.24) is 5.16 Å². The molecule has 3 rings (SSSR count). The summed E-state index contributed by atoms with van der Waals surface area (Å²) in [4.78, 5) is 11.5. The second-order valence-corrected chi connectivity index (χ2v) is 9.20. The van der Waals surface area contributed by atoms with Gasteiger partial charge in [-0.15, -0.1) is 0 Å². The van der Waals surface area contributed by atoms with E-state index in [0.717, 1.165) is 6.07 Å². The van der Waals surface area contributed by atoms with Crippen molar-refractivity contribution in [3.63, 3.8) is 0 Å². The number of aryl methyl sites for hydroxylation is 1. The van der Waals surface area contributed by atoms with Gasteiger partial charge >= 0.3 is 0 Å². The highest BCUT2D eigenvalue weighted by atomic mass is 32.2. The molecular weight excluding hydrogens is 420 g/mol. The smallest absolute Gasteiger partial charge is 0.261 e. The minimum atomic E-state index is -4.05. The zero-order chi connectivity index (χ0) is 21.2. The number of primary sulfonamides is 1. The van der Waals surface area contributed by atoms with E-state index in [0.29, 0.717) is 11.4 Å². The Morgan fingerprint density at radius 2 is 1.62 bits per heavy atom. The van der Waals surface area contributed by atoms with Gasteiger partial charge in [-0.2, -0.15) is 0 Å². The zero-order valence-corrected chi connectivity index (χ0v) is 16.6. The van der Waals surface area contributed by atoms with E-state index in [2.05, 4.69) is 15.2 Å². The van der Waals surface area contributed by atoms with Crippen LogP contribution in [0.15, 0.2) is 69.0 Å². The highest BCUT2D eigenvalue weighted by Gasteiger charge is 2.18. The van der Waals surface area contributed by atoms with Gasteiger partial charge in [-0.25, -0.2) is 22.0 Å². The third-order valence-electron chi connectivity index (χ3n) is 3.83. The minimum Gasteiger partial charge on any atom is -0.361 e. The van der Waals surface area contributed by atoms with Crippen molar-refractivity contribution < 1.29 is 26.2 Å². The fourth-order valence-electron chi connectivity index (χ4n) is 2.37. The molecule has 0 aliphatic heterocycles. The van der Waals surface area contributed by atoms with Gasteiger partial charge in [-0.3, -0.25) is 9.52 Å². The van der Waals surface area contributed by atoms with Gasteiger partial charge in [0.1, 0.15) is 11.3 Å². The van der Waals surface area contributed by atoms with Crippen LogP contribution in [0.3, 0.4) is 0 Å². The molecule has 0 saturated heterocycles. The molecule has 4 N–H and O–H groups in total. The Balaban J connectivity index is 1.75. The summed E-state index contributed by atoms with van der Waals surface area (Å²) < 4.78 is 55.0. The number of carbonyl (C=O) groups excluding carboxylic acids is 1. The first kappa shape index (κ1) is 20.5. The van der Waals surface area contributed by atoms with Crippen molar-refractivity contribution >= 4 is 37.3 Å². The molecule has 2 aromatic carbocycles. The standard InChI is InChI=1S/C17H16N4O6S2/c1-11-16(10-19-27-11)17(22)20-12-5-7-13(8-6-12)21-29(25,26)15-4-2-3-14(9-15)28(18,23)24/h2-10,21H,1H3,(H,20,22)(H2,18,23,24). The highest BCUT2D eigenvalue weighted by molar-refractivity contribution is 7.93. The lowest BCUT2D eigenvalue weighted by atomic mass is 10.2. The Labute approximate surface area is 166 Å². The number of hydrogen-bond acceptors (Lipinski definition) is 7. The highest BCUT2D eigenvalue weighted by Crippen LogP contribution is 2.21. The monoisotopic (exact) mass is 436 g/mol. The third kappa shape index (κ3) is 4.80. The lowest BCUT2D eigenvalue weighted by Crippen LogP contribution is -2.16. The summed E-state index contributed by atoms with van der Waals surface area (Å²) in [6, 6.07) is 10.6. The van der Waals surface area contributed by atoms with E-state index in [1.54, 1.807) is 6.92 Å². The van der Waals surface area contributed by atoms with Gasteiger partial charge in [-0.1, -0.05) is 11.2 Å². The average Bonchev–Trinajstić information content (AvgIpc) is 3.09. The Morgan fingerprint density at radius 3 is 2.21 bits per heavy atom. The van der Waals surface area contributed by atoms with E-state index < -0.39 is 26.0 Å². The number of benzene rings is 2. The molecule has 0 spiro atoms. The van der Waals surface area contributed by atoms with Gasteiger partial charge in [0, 0.05) is 11.4 Å². The Kier molecular flexibility index (Phi) is 5.42. The maximum Gasteiger partial charge on any atom is 0.261 e. The van der Waals surface area contributed by atoms with Crippen molar-refractivity contribution in [2.45, 2.75) is 16.7 Å². The van der Waals surface area contributed by atoms with Crippen molar-refractivity contribution in [3.8, 4) is 0 Å². The molecule has 1 aromatic heterocycles. The number of sulfonamides is 2. The molecule has 1 amide bonds. The molecule has 0 aliphatic carbocycles. The van der Waals surface area contributed by atoms with E-state index in [1.807, 2.05) is 0 Å². The van der Waals surface area contributed by atoms with Crippen LogP contribution in [0.25, 0.3) is 0 Å². The molecule has 3 aromatic rings. The molecular formula is C17H16N4O6S2. The SMILES string of the molecule is Cc1oncc1C(=O)Nc1ccc(NS(=O)(=O)c2cccc(S(N)(=O)=O)c2)cc1. The van der Waals surface area contributed by atoms with Crippen LogP contribution >= 0.6 is 0 Å². The van der Waals surface area contributed by atoms with Crippen molar-refractivity contribution in [3.05, 3.63) is 66.1 Å². The fourth-order valence-corrected chi connectivity index (χ4v) is 4.11. The molecule has 0 unspecified atom stereocenters. The second-order valence-electron chi connectivity index (χ2n) is 5.95. The van der Waals surface area contributed by atoms with Crippen LogP contribution in [0.1, 0.15) is 16.1 Å². The maximum atomic E-state index is 12.5. The summed E-state index contributed by atoms with van der Waals surface area (Å²) in [6.07, 6.45) is 1.29. The number of nitrogens with zero attached hydrogens (tertiary/aromatic N) is 1. The molecule has 29 heavy (non-hydrogen) atoms. The maximum absolute atomic E-state index is 12.5. The van der Waals surface area contributed by atoms with E-state index >= 15 is 0 Å². The second kappa shape index (κ2) is 7.66. The third-order valence-corrected chi connectivity index (χ3v) is 6.12. The van der Waals surface area contributed by atoms with Gasteiger partial charge < -0.3 is 9.84 Å². The van der Waals surface area contributed by atoms with E-state index in [1.165, 1.54) is 48.7 Å². The molecule has 0 fully saturated rings. The molecule has 0 saturated carbocycles. The summed E-state index contributed by atoms with van der Waals surface area (Å²) in [5.74, 6) is -0.0505. The van der Waals surface area contributed by atoms with Crippen LogP contribution < -0.4 is 15.2 Å². The number of amides is 1. The predicted octanol–water partition coefficient (Wildman–Crippen LogP) is 1.68. The normalized spacial score (nSPS) is 11.8. The number of rotatable bonds is 6. The molecule has 152 valence electrons. The topological polar surface area (TPSA) is 161 Å². The molecule has 0 bridgehead atoms. The van der Waals surface area contributed by atoms with Gasteiger partial charge in [0.15, 0.2) is 0 Å². The fraction of sp³-hybridized carbons (Fsp3) is 0.0588. The first-order chi connectivity index (χ1) is 13.6.